The van der Waals surface area contributed by atoms with E-state index in [2.05, 4.69) is 39.5 Å². The molecule has 0 nitrogen and oxygen atoms in total. The van der Waals surface area contributed by atoms with Gasteiger partial charge in [-0.05, 0) is 22.3 Å². The summed E-state index contributed by atoms with van der Waals surface area (Å²) >= 11 is 0. The van der Waals surface area contributed by atoms with E-state index in [0.29, 0.717) is 0 Å². The second kappa shape index (κ2) is 11.9. The van der Waals surface area contributed by atoms with Gasteiger partial charge in [-0.25, -0.2) is 0 Å². The van der Waals surface area contributed by atoms with Gasteiger partial charge >= 0.3 is 0 Å². The Kier molecular flexibility index (Phi) is 10.4. The molecule has 0 bridgehead atoms. The Morgan fingerprint density at radius 1 is 0.545 bits per heavy atom. The van der Waals surface area contributed by atoms with E-state index in [1.165, 1.54) is 5.56 Å². The third-order valence-electron chi connectivity index (χ3n) is 2.85. The first kappa shape index (κ1) is 19.1. The van der Waals surface area contributed by atoms with Crippen LogP contribution in [0.3, 0.4) is 0 Å². The number of hydrogen-bond acceptors (Lipinski definition) is 0. The Hall–Kier alpha value is -2.86. The van der Waals surface area contributed by atoms with Crippen molar-refractivity contribution in [2.45, 2.75) is 0 Å². The summed E-state index contributed by atoms with van der Waals surface area (Å²) in [5, 5.41) is 0. The molecule has 0 atom stereocenters. The van der Waals surface area contributed by atoms with Gasteiger partial charge in [0.25, 0.3) is 0 Å². The summed E-state index contributed by atoms with van der Waals surface area (Å²) in [6.45, 7) is 20.8. The van der Waals surface area contributed by atoms with Gasteiger partial charge in [0, 0.05) is 0 Å². The van der Waals surface area contributed by atoms with Crippen LogP contribution in [-0.4, -0.2) is 0 Å². The van der Waals surface area contributed by atoms with Crippen molar-refractivity contribution in [2.24, 2.45) is 0 Å². The smallest absolute Gasteiger partial charge is 0.0118 e. The molecule has 2 aromatic carbocycles. The molecule has 0 aliphatic carbocycles. The van der Waals surface area contributed by atoms with E-state index >= 15 is 0 Å². The largest absolute Gasteiger partial charge is 0.106 e. The summed E-state index contributed by atoms with van der Waals surface area (Å²) in [5.41, 5.74) is 4.47. The van der Waals surface area contributed by atoms with Crippen LogP contribution in [0.25, 0.3) is 24.3 Å². The van der Waals surface area contributed by atoms with Gasteiger partial charge in [-0.2, -0.15) is 0 Å². The van der Waals surface area contributed by atoms with E-state index in [9.17, 15) is 0 Å². The van der Waals surface area contributed by atoms with Gasteiger partial charge < -0.3 is 0 Å². The van der Waals surface area contributed by atoms with Crippen LogP contribution in [0.15, 0.2) is 88.0 Å². The van der Waals surface area contributed by atoms with Crippen LogP contribution < -0.4 is 0 Å². The van der Waals surface area contributed by atoms with Crippen molar-refractivity contribution in [1.82, 2.24) is 0 Å². The Bertz CT molecular complexity index is 577. The maximum Gasteiger partial charge on any atom is -0.0118 e. The van der Waals surface area contributed by atoms with Gasteiger partial charge in [0.15, 0.2) is 0 Å². The minimum Gasteiger partial charge on any atom is -0.106 e. The SMILES string of the molecule is C=C.C=Cc1cccc(C=C)c1C=C.C=Cc1ccccc1. The summed E-state index contributed by atoms with van der Waals surface area (Å²) in [4.78, 5) is 0. The molecule has 0 spiro atoms. The highest BCUT2D eigenvalue weighted by molar-refractivity contribution is 5.72. The minimum atomic E-state index is 1.10. The zero-order valence-electron chi connectivity index (χ0n) is 13.2. The molecule has 0 saturated heterocycles. The molecule has 2 rings (SSSR count). The zero-order valence-corrected chi connectivity index (χ0v) is 13.2. The quantitative estimate of drug-likeness (QED) is 0.546. The van der Waals surface area contributed by atoms with Crippen molar-refractivity contribution in [3.8, 4) is 0 Å². The van der Waals surface area contributed by atoms with E-state index in [1.807, 2.05) is 72.8 Å². The summed E-state index contributed by atoms with van der Waals surface area (Å²) < 4.78 is 0. The van der Waals surface area contributed by atoms with E-state index in [1.54, 1.807) is 0 Å². The molecule has 0 unspecified atom stereocenters. The van der Waals surface area contributed by atoms with E-state index < -0.39 is 0 Å². The van der Waals surface area contributed by atoms with Crippen LogP contribution in [0.2, 0.25) is 0 Å². The van der Waals surface area contributed by atoms with Crippen LogP contribution in [0.4, 0.5) is 0 Å². The van der Waals surface area contributed by atoms with Crippen LogP contribution in [0.1, 0.15) is 22.3 Å². The van der Waals surface area contributed by atoms with Gasteiger partial charge in [-0.3, -0.25) is 0 Å². The molecular formula is C22H24. The maximum absolute atomic E-state index is 3.75. The van der Waals surface area contributed by atoms with Gasteiger partial charge in [-0.15, -0.1) is 13.2 Å². The second-order valence-electron chi connectivity index (χ2n) is 4.08. The molecular weight excluding hydrogens is 264 g/mol. The molecule has 0 heteroatoms. The molecule has 0 N–H and O–H groups in total. The highest BCUT2D eigenvalue weighted by Crippen LogP contribution is 2.18. The first-order valence-corrected chi connectivity index (χ1v) is 6.94. The molecule has 0 aromatic heterocycles. The van der Waals surface area contributed by atoms with E-state index in [-0.39, 0.29) is 0 Å². The van der Waals surface area contributed by atoms with Crippen LogP contribution >= 0.6 is 0 Å². The van der Waals surface area contributed by atoms with E-state index in [4.69, 9.17) is 0 Å². The molecule has 0 fully saturated rings. The minimum absolute atomic E-state index is 1.10. The predicted molar refractivity (Wildman–Crippen MR) is 105 cm³/mol. The number of benzene rings is 2. The molecule has 0 aliphatic heterocycles. The zero-order chi connectivity index (χ0) is 16.8. The Morgan fingerprint density at radius 2 is 1.05 bits per heavy atom. The summed E-state index contributed by atoms with van der Waals surface area (Å²) in [5.74, 6) is 0. The average molecular weight is 288 g/mol. The van der Waals surface area contributed by atoms with Crippen molar-refractivity contribution in [3.05, 3.63) is 110 Å². The predicted octanol–water partition coefficient (Wildman–Crippen LogP) is 6.75. The van der Waals surface area contributed by atoms with Crippen molar-refractivity contribution in [1.29, 1.82) is 0 Å². The van der Waals surface area contributed by atoms with Crippen LogP contribution in [0.5, 0.6) is 0 Å². The normalized spacial score (nSPS) is 8.18. The standard InChI is InChI=1S/C12H12.C8H8.C2H4/c1-4-10-8-7-9-11(5-2)12(10)6-3;1-2-8-6-4-3-5-7-8;1-2/h4-9H,1-3H2;2-7H,1H2;1-2H2. The van der Waals surface area contributed by atoms with Gasteiger partial charge in [0.05, 0.1) is 0 Å². The third kappa shape index (κ3) is 6.06. The fraction of sp³-hybridized carbons (Fsp3) is 0. The molecule has 0 radical (unpaired) electrons. The Labute approximate surface area is 135 Å². The lowest BCUT2D eigenvalue weighted by Gasteiger charge is -2.03. The molecule has 0 aliphatic rings. The number of rotatable bonds is 4. The first-order chi connectivity index (χ1) is 10.8. The molecule has 0 amide bonds. The van der Waals surface area contributed by atoms with Crippen molar-refractivity contribution >= 4 is 24.3 Å². The van der Waals surface area contributed by atoms with Crippen LogP contribution in [-0.2, 0) is 0 Å². The molecule has 112 valence electrons. The maximum atomic E-state index is 3.75. The molecule has 2 aromatic rings. The lowest BCUT2D eigenvalue weighted by Crippen LogP contribution is -1.84. The molecule has 0 heterocycles. The van der Waals surface area contributed by atoms with Crippen molar-refractivity contribution in [3.63, 3.8) is 0 Å². The Balaban J connectivity index is 0.000000382. The number of hydrogen-bond donors (Lipinski definition) is 0. The lowest BCUT2D eigenvalue weighted by atomic mass is 10.0. The fourth-order valence-corrected chi connectivity index (χ4v) is 1.78. The highest BCUT2D eigenvalue weighted by atomic mass is 14.0. The van der Waals surface area contributed by atoms with Crippen LogP contribution in [0, 0.1) is 0 Å². The monoisotopic (exact) mass is 288 g/mol. The topological polar surface area (TPSA) is 0 Å². The van der Waals surface area contributed by atoms with Gasteiger partial charge in [0.2, 0.25) is 0 Å². The van der Waals surface area contributed by atoms with E-state index in [0.717, 1.165) is 16.7 Å². The average Bonchev–Trinajstić information content (AvgIpc) is 2.63. The van der Waals surface area contributed by atoms with Crippen molar-refractivity contribution < 1.29 is 0 Å². The highest BCUT2D eigenvalue weighted by Gasteiger charge is 1.97. The summed E-state index contributed by atoms with van der Waals surface area (Å²) in [6, 6.07) is 16.0. The lowest BCUT2D eigenvalue weighted by molar-refractivity contribution is 1.58. The molecule has 22 heavy (non-hydrogen) atoms. The first-order valence-electron chi connectivity index (χ1n) is 6.94. The third-order valence-corrected chi connectivity index (χ3v) is 2.85. The second-order valence-corrected chi connectivity index (χ2v) is 4.08. The Morgan fingerprint density at radius 3 is 1.36 bits per heavy atom. The van der Waals surface area contributed by atoms with Gasteiger partial charge in [-0.1, -0.05) is 99.2 Å². The summed E-state index contributed by atoms with van der Waals surface area (Å²) in [6.07, 6.45) is 7.31. The van der Waals surface area contributed by atoms with Gasteiger partial charge in [0.1, 0.15) is 0 Å². The summed E-state index contributed by atoms with van der Waals surface area (Å²) in [7, 11) is 0. The van der Waals surface area contributed by atoms with Crippen molar-refractivity contribution in [2.75, 3.05) is 0 Å². The fourth-order valence-electron chi connectivity index (χ4n) is 1.78. The molecule has 0 saturated carbocycles.